The van der Waals surface area contributed by atoms with Crippen LogP contribution in [-0.4, -0.2) is 20.1 Å². The van der Waals surface area contributed by atoms with E-state index in [1.165, 1.54) is 0 Å². The molecule has 0 aliphatic rings. The van der Waals surface area contributed by atoms with Crippen LogP contribution in [0, 0.1) is 0 Å². The fourth-order valence-electron chi connectivity index (χ4n) is 2.12. The lowest BCUT2D eigenvalue weighted by atomic mass is 10.1. The monoisotopic (exact) mass is 285 g/mol. The van der Waals surface area contributed by atoms with E-state index in [0.717, 1.165) is 11.3 Å². The van der Waals surface area contributed by atoms with Gasteiger partial charge in [-0.2, -0.15) is 0 Å². The number of benzene rings is 2. The number of rotatable bonds is 5. The molecule has 0 aromatic heterocycles. The van der Waals surface area contributed by atoms with E-state index in [1.807, 2.05) is 37.3 Å². The highest BCUT2D eigenvalue weighted by Gasteiger charge is 2.15. The van der Waals surface area contributed by atoms with Crippen molar-refractivity contribution in [2.45, 2.75) is 13.0 Å². The van der Waals surface area contributed by atoms with Gasteiger partial charge in [0.2, 0.25) is 0 Å². The average molecular weight is 285 g/mol. The van der Waals surface area contributed by atoms with Crippen molar-refractivity contribution in [1.82, 2.24) is 5.32 Å². The maximum absolute atomic E-state index is 12.2. The second kappa shape index (κ2) is 6.79. The third-order valence-electron chi connectivity index (χ3n) is 3.29. The number of hydrogen-bond acceptors (Lipinski definition) is 3. The van der Waals surface area contributed by atoms with Crippen molar-refractivity contribution in [3.63, 3.8) is 0 Å². The molecule has 110 valence electrons. The van der Waals surface area contributed by atoms with E-state index in [-0.39, 0.29) is 11.9 Å². The van der Waals surface area contributed by atoms with Crippen LogP contribution >= 0.6 is 0 Å². The molecular formula is C17H19NO3. The van der Waals surface area contributed by atoms with Crippen LogP contribution < -0.4 is 14.8 Å². The van der Waals surface area contributed by atoms with Crippen molar-refractivity contribution in [2.75, 3.05) is 14.2 Å². The first-order valence-corrected chi connectivity index (χ1v) is 6.73. The number of amides is 1. The Labute approximate surface area is 124 Å². The van der Waals surface area contributed by atoms with Crippen molar-refractivity contribution in [3.05, 3.63) is 59.7 Å². The van der Waals surface area contributed by atoms with E-state index in [9.17, 15) is 4.79 Å². The minimum absolute atomic E-state index is 0.110. The summed E-state index contributed by atoms with van der Waals surface area (Å²) in [6.45, 7) is 1.92. The molecule has 21 heavy (non-hydrogen) atoms. The fraction of sp³-hybridized carbons (Fsp3) is 0.235. The molecule has 1 N–H and O–H groups in total. The molecule has 2 aromatic carbocycles. The molecule has 0 bridgehead atoms. The van der Waals surface area contributed by atoms with Crippen LogP contribution in [0.5, 0.6) is 11.5 Å². The molecule has 0 fully saturated rings. The van der Waals surface area contributed by atoms with E-state index in [0.29, 0.717) is 11.3 Å². The molecule has 4 heteroatoms. The zero-order valence-electron chi connectivity index (χ0n) is 12.4. The Bertz CT molecular complexity index is 611. The van der Waals surface area contributed by atoms with Crippen LogP contribution in [0.1, 0.15) is 28.9 Å². The third kappa shape index (κ3) is 3.54. The third-order valence-corrected chi connectivity index (χ3v) is 3.29. The summed E-state index contributed by atoms with van der Waals surface area (Å²) >= 11 is 0. The Morgan fingerprint density at radius 3 is 2.38 bits per heavy atom. The van der Waals surface area contributed by atoms with E-state index >= 15 is 0 Å². The number of ether oxygens (including phenoxy) is 2. The van der Waals surface area contributed by atoms with Gasteiger partial charge in [-0.25, -0.2) is 0 Å². The van der Waals surface area contributed by atoms with Crippen molar-refractivity contribution >= 4 is 5.91 Å². The van der Waals surface area contributed by atoms with Crippen molar-refractivity contribution in [2.24, 2.45) is 0 Å². The molecule has 0 heterocycles. The zero-order valence-corrected chi connectivity index (χ0v) is 12.4. The van der Waals surface area contributed by atoms with Gasteiger partial charge in [0.1, 0.15) is 11.5 Å². The highest BCUT2D eigenvalue weighted by molar-refractivity contribution is 5.94. The lowest BCUT2D eigenvalue weighted by molar-refractivity contribution is 0.0939. The van der Waals surface area contributed by atoms with Gasteiger partial charge in [-0.3, -0.25) is 4.79 Å². The molecule has 0 aliphatic heterocycles. The van der Waals surface area contributed by atoms with E-state index in [2.05, 4.69) is 5.32 Å². The highest BCUT2D eigenvalue weighted by Crippen LogP contribution is 2.29. The molecule has 2 aromatic rings. The Hall–Kier alpha value is -2.49. The summed E-state index contributed by atoms with van der Waals surface area (Å²) in [5, 5.41) is 2.96. The predicted molar refractivity (Wildman–Crippen MR) is 81.9 cm³/mol. The number of hydrogen-bond donors (Lipinski definition) is 1. The van der Waals surface area contributed by atoms with Crippen LogP contribution in [0.3, 0.4) is 0 Å². The Balaban J connectivity index is 2.17. The standard InChI is InChI=1S/C17H19NO3/c1-12(18-17(19)13-7-5-4-6-8-13)15-10-9-14(20-2)11-16(15)21-3/h4-12H,1-3H3,(H,18,19). The number of methoxy groups -OCH3 is 2. The van der Waals surface area contributed by atoms with E-state index in [4.69, 9.17) is 9.47 Å². The SMILES string of the molecule is COc1ccc(C(C)NC(=O)c2ccccc2)c(OC)c1. The Kier molecular flexibility index (Phi) is 4.82. The van der Waals surface area contributed by atoms with Crippen LogP contribution in [0.2, 0.25) is 0 Å². The predicted octanol–water partition coefficient (Wildman–Crippen LogP) is 3.19. The molecular weight excluding hydrogens is 266 g/mol. The summed E-state index contributed by atoms with van der Waals surface area (Å²) in [5.74, 6) is 1.30. The summed E-state index contributed by atoms with van der Waals surface area (Å²) in [7, 11) is 3.21. The first-order chi connectivity index (χ1) is 10.2. The lowest BCUT2D eigenvalue weighted by Crippen LogP contribution is -2.26. The molecule has 0 saturated carbocycles. The zero-order chi connectivity index (χ0) is 15.2. The molecule has 1 unspecified atom stereocenters. The quantitative estimate of drug-likeness (QED) is 0.917. The smallest absolute Gasteiger partial charge is 0.251 e. The van der Waals surface area contributed by atoms with Gasteiger partial charge in [0.15, 0.2) is 0 Å². The molecule has 0 saturated heterocycles. The summed E-state index contributed by atoms with van der Waals surface area (Å²) in [6, 6.07) is 14.5. The first kappa shape index (κ1) is 14.9. The molecule has 4 nitrogen and oxygen atoms in total. The molecule has 2 rings (SSSR count). The van der Waals surface area contributed by atoms with Gasteiger partial charge < -0.3 is 14.8 Å². The van der Waals surface area contributed by atoms with Gasteiger partial charge >= 0.3 is 0 Å². The topological polar surface area (TPSA) is 47.6 Å². The first-order valence-electron chi connectivity index (χ1n) is 6.73. The number of carbonyl (C=O) groups excluding carboxylic acids is 1. The van der Waals surface area contributed by atoms with E-state index in [1.54, 1.807) is 32.4 Å². The number of carbonyl (C=O) groups is 1. The largest absolute Gasteiger partial charge is 0.497 e. The second-order valence-electron chi connectivity index (χ2n) is 4.67. The minimum Gasteiger partial charge on any atom is -0.497 e. The van der Waals surface area contributed by atoms with Gasteiger partial charge in [0, 0.05) is 17.2 Å². The number of nitrogens with one attached hydrogen (secondary N) is 1. The van der Waals surface area contributed by atoms with Crippen molar-refractivity contribution < 1.29 is 14.3 Å². The van der Waals surface area contributed by atoms with Gasteiger partial charge in [0.25, 0.3) is 5.91 Å². The highest BCUT2D eigenvalue weighted by atomic mass is 16.5. The molecule has 0 spiro atoms. The van der Waals surface area contributed by atoms with Crippen LogP contribution in [-0.2, 0) is 0 Å². The summed E-state index contributed by atoms with van der Waals surface area (Å²) in [5.41, 5.74) is 1.54. The van der Waals surface area contributed by atoms with Gasteiger partial charge in [-0.15, -0.1) is 0 Å². The maximum Gasteiger partial charge on any atom is 0.251 e. The summed E-state index contributed by atoms with van der Waals surface area (Å²) in [4.78, 5) is 12.2. The van der Waals surface area contributed by atoms with E-state index < -0.39 is 0 Å². The summed E-state index contributed by atoms with van der Waals surface area (Å²) in [6.07, 6.45) is 0. The normalized spacial score (nSPS) is 11.6. The van der Waals surface area contributed by atoms with Gasteiger partial charge in [-0.05, 0) is 31.2 Å². The Morgan fingerprint density at radius 2 is 1.76 bits per heavy atom. The molecule has 0 aliphatic carbocycles. The summed E-state index contributed by atoms with van der Waals surface area (Å²) < 4.78 is 10.5. The second-order valence-corrected chi connectivity index (χ2v) is 4.67. The van der Waals surface area contributed by atoms with Crippen LogP contribution in [0.15, 0.2) is 48.5 Å². The lowest BCUT2D eigenvalue weighted by Gasteiger charge is -2.18. The molecule has 1 atom stereocenters. The average Bonchev–Trinajstić information content (AvgIpc) is 2.54. The maximum atomic E-state index is 12.2. The van der Waals surface area contributed by atoms with Crippen molar-refractivity contribution in [1.29, 1.82) is 0 Å². The van der Waals surface area contributed by atoms with Crippen LogP contribution in [0.25, 0.3) is 0 Å². The van der Waals surface area contributed by atoms with Crippen LogP contribution in [0.4, 0.5) is 0 Å². The van der Waals surface area contributed by atoms with Crippen molar-refractivity contribution in [3.8, 4) is 11.5 Å². The van der Waals surface area contributed by atoms with Gasteiger partial charge in [0.05, 0.1) is 20.3 Å². The minimum atomic E-state index is -0.168. The molecule has 0 radical (unpaired) electrons. The fourth-order valence-corrected chi connectivity index (χ4v) is 2.12. The molecule has 1 amide bonds. The van der Waals surface area contributed by atoms with Gasteiger partial charge in [-0.1, -0.05) is 18.2 Å². The Morgan fingerprint density at radius 1 is 1.05 bits per heavy atom.